The zero-order chi connectivity index (χ0) is 43.3. The average Bonchev–Trinajstić information content (AvgIpc) is 4.04. The van der Waals surface area contributed by atoms with E-state index in [0.717, 1.165) is 109 Å². The maximum Gasteiger partial charge on any atom is 0.373 e. The van der Waals surface area contributed by atoms with E-state index in [1.807, 2.05) is 90.5 Å². The molecule has 18 heteroatoms. The van der Waals surface area contributed by atoms with Crippen molar-refractivity contribution in [3.8, 4) is 0 Å². The lowest BCUT2D eigenvalue weighted by Gasteiger charge is -2.44. The highest BCUT2D eigenvalue weighted by Crippen LogP contribution is 2.48. The average molecular weight is 995 g/mol. The Morgan fingerprint density at radius 1 is 0.733 bits per heavy atom. The van der Waals surface area contributed by atoms with Gasteiger partial charge in [0.05, 0.1) is 39.9 Å². The number of hydrogen-bond donors (Lipinski definition) is 2. The number of hydrogen-bond acceptors (Lipinski definition) is 11. The van der Waals surface area contributed by atoms with Crippen molar-refractivity contribution in [2.75, 3.05) is 41.7 Å². The Morgan fingerprint density at radius 2 is 1.17 bits per heavy atom. The molecule has 14 nitrogen and oxygen atoms in total. The van der Waals surface area contributed by atoms with Crippen molar-refractivity contribution in [2.45, 2.75) is 146 Å². The first-order valence-electron chi connectivity index (χ1n) is 21.3. The number of nitrogens with zero attached hydrogens (tertiary/aromatic N) is 8. The minimum absolute atomic E-state index is 0.220. The third kappa shape index (κ3) is 10.5. The van der Waals surface area contributed by atoms with E-state index in [9.17, 15) is 8.42 Å². The molecule has 8 rings (SSSR count). The van der Waals surface area contributed by atoms with Crippen LogP contribution in [0.25, 0.3) is 11.3 Å². The fraction of sp³-hybridized carbons (Fsp3) is 0.690. The first kappa shape index (κ1) is 47.0. The summed E-state index contributed by atoms with van der Waals surface area (Å²) in [5.41, 5.74) is 2.53. The molecule has 0 amide bonds. The van der Waals surface area contributed by atoms with Crippen LogP contribution >= 0.6 is 34.4 Å². The van der Waals surface area contributed by atoms with Gasteiger partial charge in [-0.1, -0.05) is 19.8 Å². The van der Waals surface area contributed by atoms with Gasteiger partial charge < -0.3 is 9.80 Å². The number of piperidine rings is 2. The van der Waals surface area contributed by atoms with Crippen LogP contribution in [0.15, 0.2) is 42.1 Å². The SMILES string of the molecule is CC(C)(C)[S@@](=O)N[C@@H]1CCCC12CCN(c1ncc(I)c3nccn13)CC2.CCCSc1cnc(N2CCC3(CCC[C@H]3N[S@](=O)C(C)(C)C)CC2)n2ccnc12.O=C=O. The summed E-state index contributed by atoms with van der Waals surface area (Å²) in [4.78, 5) is 40.8. The van der Waals surface area contributed by atoms with E-state index in [1.54, 1.807) is 0 Å². The lowest BCUT2D eigenvalue weighted by atomic mass is 9.74. The third-order valence-corrected chi connectivity index (χ3v) is 17.9. The monoisotopic (exact) mass is 994 g/mol. The van der Waals surface area contributed by atoms with Crippen molar-refractivity contribution in [3.63, 3.8) is 0 Å². The molecule has 2 aliphatic carbocycles. The molecule has 2 N–H and O–H groups in total. The number of halogens is 1. The Morgan fingerprint density at radius 3 is 1.62 bits per heavy atom. The van der Waals surface area contributed by atoms with E-state index >= 15 is 0 Å². The summed E-state index contributed by atoms with van der Waals surface area (Å²) in [6.07, 6.45) is 24.7. The van der Waals surface area contributed by atoms with Gasteiger partial charge in [-0.2, -0.15) is 9.59 Å². The second-order valence-corrected chi connectivity index (χ2v) is 24.9. The maximum atomic E-state index is 12.7. The Bertz CT molecular complexity index is 2150. The highest BCUT2D eigenvalue weighted by molar-refractivity contribution is 14.1. The van der Waals surface area contributed by atoms with Gasteiger partial charge in [0.1, 0.15) is 0 Å². The maximum absolute atomic E-state index is 12.7. The summed E-state index contributed by atoms with van der Waals surface area (Å²) < 4.78 is 37.2. The Hall–Kier alpha value is -2.48. The van der Waals surface area contributed by atoms with Crippen LogP contribution in [0.2, 0.25) is 0 Å². The van der Waals surface area contributed by atoms with E-state index in [0.29, 0.717) is 12.1 Å². The van der Waals surface area contributed by atoms with Crippen molar-refractivity contribution in [3.05, 3.63) is 40.8 Å². The van der Waals surface area contributed by atoms with Gasteiger partial charge in [-0.3, -0.25) is 8.80 Å². The second-order valence-electron chi connectivity index (χ2n) is 18.6. The number of carbonyl (C=O) groups excluding carboxylic acids is 2. The number of rotatable bonds is 9. The molecular weight excluding hydrogens is 932 g/mol. The zero-order valence-electron chi connectivity index (χ0n) is 36.2. The zero-order valence-corrected chi connectivity index (χ0v) is 40.9. The first-order chi connectivity index (χ1) is 28.6. The minimum atomic E-state index is -1.01. The van der Waals surface area contributed by atoms with Gasteiger partial charge in [0.15, 0.2) is 11.3 Å². The molecule has 4 aliphatic rings. The molecule has 2 aliphatic heterocycles. The highest BCUT2D eigenvalue weighted by atomic mass is 127. The van der Waals surface area contributed by atoms with Gasteiger partial charge in [-0.05, 0) is 139 Å². The predicted octanol–water partition coefficient (Wildman–Crippen LogP) is 7.36. The fourth-order valence-corrected chi connectivity index (χ4v) is 12.6. The van der Waals surface area contributed by atoms with Gasteiger partial charge in [0.2, 0.25) is 11.9 Å². The molecule has 2 saturated heterocycles. The van der Waals surface area contributed by atoms with Crippen LogP contribution in [0, 0.1) is 14.4 Å². The van der Waals surface area contributed by atoms with Crippen molar-refractivity contribution >= 4 is 85.7 Å². The molecular formula is C42H63IN10O4S3. The molecule has 4 atom stereocenters. The summed E-state index contributed by atoms with van der Waals surface area (Å²) in [6, 6.07) is 0.714. The number of thioether (sulfide) groups is 1. The summed E-state index contributed by atoms with van der Waals surface area (Å²) in [5.74, 6) is 3.07. The Kier molecular flexibility index (Phi) is 15.6. The minimum Gasteiger partial charge on any atom is -0.342 e. The molecule has 0 unspecified atom stereocenters. The first-order valence-corrected chi connectivity index (χ1v) is 25.7. The van der Waals surface area contributed by atoms with Crippen LogP contribution in [-0.4, -0.2) is 96.8 Å². The largest absolute Gasteiger partial charge is 0.373 e. The number of aromatic nitrogens is 6. The molecule has 330 valence electrons. The molecule has 60 heavy (non-hydrogen) atoms. The summed E-state index contributed by atoms with van der Waals surface area (Å²) in [6.45, 7) is 18.4. The quantitative estimate of drug-likeness (QED) is 0.128. The van der Waals surface area contributed by atoms with Crippen LogP contribution in [-0.2, 0) is 31.6 Å². The van der Waals surface area contributed by atoms with Gasteiger partial charge in [-0.15, -0.1) is 11.8 Å². The molecule has 0 bridgehead atoms. The number of nitrogens with one attached hydrogen (secondary N) is 2. The van der Waals surface area contributed by atoms with Crippen molar-refractivity contribution in [1.29, 1.82) is 0 Å². The van der Waals surface area contributed by atoms with Crippen molar-refractivity contribution in [2.24, 2.45) is 10.8 Å². The lowest BCUT2D eigenvalue weighted by molar-refractivity contribution is -0.191. The molecule has 4 aromatic heterocycles. The second kappa shape index (κ2) is 19.9. The lowest BCUT2D eigenvalue weighted by Crippen LogP contribution is -2.51. The molecule has 0 aromatic carbocycles. The molecule has 2 saturated carbocycles. The standard InChI is InChI=1S/C22H35N5OS2.C19H28IN5OS.CO2/c1-5-15-29-17-16-24-20(27-14-11-23-19(17)27)26-12-9-22(10-13-26)8-6-7-18(22)25-30(28)21(2,3)4;1-18(2,3)27(26)23-15-5-4-6-19(15)7-10-24(11-8-19)17-22-13-14(20)16-21-9-12-25(16)17;2-1-3/h11,14,16,18,25H,5-10,12-13,15H2,1-4H3;9,12-13,15,23H,4-8,10-11H2,1-3H3;/t18-,30-;15-,27-;/m11./s1. The summed E-state index contributed by atoms with van der Waals surface area (Å²) in [7, 11) is -2.01. The Labute approximate surface area is 378 Å². The van der Waals surface area contributed by atoms with Gasteiger partial charge >= 0.3 is 6.15 Å². The van der Waals surface area contributed by atoms with Gasteiger partial charge in [0.25, 0.3) is 0 Å². The Balaban J connectivity index is 0.000000190. The molecule has 6 heterocycles. The molecule has 4 fully saturated rings. The van der Waals surface area contributed by atoms with Gasteiger partial charge in [0, 0.05) is 75.4 Å². The van der Waals surface area contributed by atoms with Crippen LogP contribution in [0.4, 0.5) is 11.9 Å². The van der Waals surface area contributed by atoms with Crippen LogP contribution in [0.1, 0.15) is 119 Å². The number of fused-ring (bicyclic) bond motifs is 2. The van der Waals surface area contributed by atoms with Gasteiger partial charge in [-0.25, -0.2) is 37.8 Å². The summed E-state index contributed by atoms with van der Waals surface area (Å²) >= 11 is 4.12. The van der Waals surface area contributed by atoms with E-state index in [1.165, 1.54) is 25.7 Å². The smallest absolute Gasteiger partial charge is 0.342 e. The van der Waals surface area contributed by atoms with Crippen LogP contribution in [0.5, 0.6) is 0 Å². The number of imidazole rings is 2. The van der Waals surface area contributed by atoms with E-state index in [2.05, 4.69) is 67.5 Å². The highest BCUT2D eigenvalue weighted by Gasteiger charge is 2.47. The normalized spacial score (nSPS) is 22.3. The molecule has 0 radical (unpaired) electrons. The van der Waals surface area contributed by atoms with E-state index in [-0.39, 0.29) is 26.5 Å². The molecule has 2 spiro atoms. The van der Waals surface area contributed by atoms with E-state index < -0.39 is 22.0 Å². The third-order valence-electron chi connectivity index (χ3n) is 12.7. The van der Waals surface area contributed by atoms with Crippen molar-refractivity contribution in [1.82, 2.24) is 38.2 Å². The fourth-order valence-electron chi connectivity index (χ4n) is 9.30. The van der Waals surface area contributed by atoms with Crippen LogP contribution < -0.4 is 19.2 Å². The number of anilines is 2. The predicted molar refractivity (Wildman–Crippen MR) is 250 cm³/mol. The molecule has 4 aromatic rings. The van der Waals surface area contributed by atoms with E-state index in [4.69, 9.17) is 19.6 Å². The van der Waals surface area contributed by atoms with Crippen molar-refractivity contribution < 1.29 is 18.0 Å². The summed E-state index contributed by atoms with van der Waals surface area (Å²) in [5, 5.41) is 0. The van der Waals surface area contributed by atoms with Crippen LogP contribution in [0.3, 0.4) is 0 Å². The topological polar surface area (TPSA) is 159 Å².